The first-order valence-corrected chi connectivity index (χ1v) is 11.4. The minimum Gasteiger partial charge on any atom is -0.494 e. The number of likely N-dealkylation sites (N-methyl/N-ethyl adjacent to an activating group) is 1. The highest BCUT2D eigenvalue weighted by molar-refractivity contribution is 7.22. The predicted octanol–water partition coefficient (Wildman–Crippen LogP) is 5.91. The highest BCUT2D eigenvalue weighted by Crippen LogP contribution is 2.37. The molecule has 0 fully saturated rings. The largest absolute Gasteiger partial charge is 0.494 e. The molecular formula is C22H25Cl2N3O2S. The Balaban J connectivity index is 2.06. The van der Waals surface area contributed by atoms with Crippen LogP contribution in [0.25, 0.3) is 10.2 Å². The number of halogens is 2. The van der Waals surface area contributed by atoms with Crippen LogP contribution >= 0.6 is 34.5 Å². The number of amides is 1. The zero-order valence-corrected chi connectivity index (χ0v) is 19.9. The van der Waals surface area contributed by atoms with Crippen molar-refractivity contribution in [2.75, 3.05) is 38.2 Å². The first-order valence-electron chi connectivity index (χ1n) is 9.82. The molecule has 3 aromatic rings. The molecule has 160 valence electrons. The van der Waals surface area contributed by atoms with E-state index in [2.05, 4.69) is 18.7 Å². The Morgan fingerprint density at radius 2 is 1.87 bits per heavy atom. The number of aryl methyl sites for hydroxylation is 1. The normalized spacial score (nSPS) is 11.3. The van der Waals surface area contributed by atoms with Crippen molar-refractivity contribution in [3.8, 4) is 5.75 Å². The zero-order chi connectivity index (χ0) is 21.8. The molecule has 0 saturated carbocycles. The summed E-state index contributed by atoms with van der Waals surface area (Å²) in [4.78, 5) is 22.2. The number of nitrogens with zero attached hydrogens (tertiary/aromatic N) is 3. The SMILES string of the molecule is CCN(CC)CCN(C(=O)c1ccc(Cl)cc1Cl)c1nc2c(OC)ccc(C)c2s1. The fraction of sp³-hybridized carbons (Fsp3) is 0.364. The molecule has 0 aliphatic carbocycles. The molecule has 0 saturated heterocycles. The van der Waals surface area contributed by atoms with E-state index in [4.69, 9.17) is 32.9 Å². The van der Waals surface area contributed by atoms with Crippen LogP contribution < -0.4 is 9.64 Å². The third-order valence-electron chi connectivity index (χ3n) is 5.08. The van der Waals surface area contributed by atoms with Crippen LogP contribution in [0, 0.1) is 6.92 Å². The molecule has 0 atom stereocenters. The molecule has 30 heavy (non-hydrogen) atoms. The predicted molar refractivity (Wildman–Crippen MR) is 127 cm³/mol. The van der Waals surface area contributed by atoms with Gasteiger partial charge in [0, 0.05) is 18.1 Å². The van der Waals surface area contributed by atoms with Gasteiger partial charge in [0.05, 0.1) is 22.4 Å². The number of fused-ring (bicyclic) bond motifs is 1. The number of hydrogen-bond donors (Lipinski definition) is 0. The van der Waals surface area contributed by atoms with E-state index >= 15 is 0 Å². The van der Waals surface area contributed by atoms with Gasteiger partial charge in [0.2, 0.25) is 0 Å². The Hall–Kier alpha value is -1.86. The third kappa shape index (κ3) is 4.72. The number of benzene rings is 2. The van der Waals surface area contributed by atoms with Gasteiger partial charge in [0.1, 0.15) is 11.3 Å². The molecule has 0 aliphatic heterocycles. The van der Waals surface area contributed by atoms with Gasteiger partial charge in [-0.15, -0.1) is 0 Å². The molecule has 1 heterocycles. The maximum Gasteiger partial charge on any atom is 0.261 e. The Morgan fingerprint density at radius 3 is 2.50 bits per heavy atom. The molecular weight excluding hydrogens is 441 g/mol. The van der Waals surface area contributed by atoms with Gasteiger partial charge in [-0.25, -0.2) is 4.98 Å². The van der Waals surface area contributed by atoms with E-state index in [9.17, 15) is 4.79 Å². The molecule has 0 spiro atoms. The van der Waals surface area contributed by atoms with Crippen molar-refractivity contribution in [1.29, 1.82) is 0 Å². The first-order chi connectivity index (χ1) is 14.4. The van der Waals surface area contributed by atoms with Crippen molar-refractivity contribution in [2.45, 2.75) is 20.8 Å². The van der Waals surface area contributed by atoms with E-state index in [0.717, 1.165) is 35.4 Å². The fourth-order valence-corrected chi connectivity index (χ4v) is 4.82. The van der Waals surface area contributed by atoms with Crippen LogP contribution in [0.4, 0.5) is 5.13 Å². The minimum absolute atomic E-state index is 0.195. The van der Waals surface area contributed by atoms with Crippen molar-refractivity contribution in [3.05, 3.63) is 51.5 Å². The lowest BCUT2D eigenvalue weighted by molar-refractivity contribution is 0.0984. The molecule has 0 unspecified atom stereocenters. The van der Waals surface area contributed by atoms with Crippen molar-refractivity contribution >= 4 is 55.8 Å². The summed E-state index contributed by atoms with van der Waals surface area (Å²) in [6.45, 7) is 9.30. The monoisotopic (exact) mass is 465 g/mol. The fourth-order valence-electron chi connectivity index (χ4n) is 3.25. The van der Waals surface area contributed by atoms with Gasteiger partial charge in [0.25, 0.3) is 5.91 Å². The van der Waals surface area contributed by atoms with Crippen molar-refractivity contribution in [2.24, 2.45) is 0 Å². The van der Waals surface area contributed by atoms with Crippen molar-refractivity contribution in [3.63, 3.8) is 0 Å². The Morgan fingerprint density at radius 1 is 1.13 bits per heavy atom. The zero-order valence-electron chi connectivity index (χ0n) is 17.5. The number of aromatic nitrogens is 1. The maximum absolute atomic E-state index is 13.5. The lowest BCUT2D eigenvalue weighted by Gasteiger charge is -2.25. The molecule has 5 nitrogen and oxygen atoms in total. The second-order valence-electron chi connectivity index (χ2n) is 6.87. The topological polar surface area (TPSA) is 45.7 Å². The van der Waals surface area contributed by atoms with Gasteiger partial charge in [-0.3, -0.25) is 9.69 Å². The van der Waals surface area contributed by atoms with Gasteiger partial charge >= 0.3 is 0 Å². The number of anilines is 1. The number of hydrogen-bond acceptors (Lipinski definition) is 5. The molecule has 3 rings (SSSR count). The molecule has 0 radical (unpaired) electrons. The van der Waals surface area contributed by atoms with Crippen LogP contribution in [0.3, 0.4) is 0 Å². The quantitative estimate of drug-likeness (QED) is 0.414. The first kappa shape index (κ1) is 22.8. The molecule has 0 bridgehead atoms. The second-order valence-corrected chi connectivity index (χ2v) is 8.69. The molecule has 0 aliphatic rings. The van der Waals surface area contributed by atoms with Crippen molar-refractivity contribution in [1.82, 2.24) is 9.88 Å². The number of carbonyl (C=O) groups excluding carboxylic acids is 1. The van der Waals surface area contributed by atoms with Crippen LogP contribution in [0.2, 0.25) is 10.0 Å². The van der Waals surface area contributed by atoms with Crippen molar-refractivity contribution < 1.29 is 9.53 Å². The van der Waals surface area contributed by atoms with E-state index < -0.39 is 0 Å². The summed E-state index contributed by atoms with van der Waals surface area (Å²) in [5.41, 5.74) is 2.26. The second kappa shape index (κ2) is 9.96. The van der Waals surface area contributed by atoms with Crippen LogP contribution in [0.5, 0.6) is 5.75 Å². The lowest BCUT2D eigenvalue weighted by atomic mass is 10.2. The highest BCUT2D eigenvalue weighted by atomic mass is 35.5. The van der Waals surface area contributed by atoms with E-state index in [1.807, 2.05) is 19.1 Å². The van der Waals surface area contributed by atoms with E-state index in [1.165, 1.54) is 11.3 Å². The van der Waals surface area contributed by atoms with Gasteiger partial charge < -0.3 is 9.64 Å². The van der Waals surface area contributed by atoms with E-state index in [-0.39, 0.29) is 5.91 Å². The summed E-state index contributed by atoms with van der Waals surface area (Å²) in [6.07, 6.45) is 0. The number of rotatable bonds is 8. The van der Waals surface area contributed by atoms with E-state index in [1.54, 1.807) is 30.2 Å². The summed E-state index contributed by atoms with van der Waals surface area (Å²) in [5, 5.41) is 1.45. The Kier molecular flexibility index (Phi) is 7.58. The standard InChI is InChI=1S/C22H25Cl2N3O2S/c1-5-26(6-2)11-12-27(21(28)16-9-8-15(23)13-17(16)24)22-25-19-18(29-4)10-7-14(3)20(19)30-22/h7-10,13H,5-6,11-12H2,1-4H3. The number of ether oxygens (including phenoxy) is 1. The summed E-state index contributed by atoms with van der Waals surface area (Å²) in [5.74, 6) is 0.498. The van der Waals surface area contributed by atoms with Gasteiger partial charge in [-0.1, -0.05) is 54.5 Å². The van der Waals surface area contributed by atoms with Gasteiger partial charge in [-0.05, 0) is 49.8 Å². The molecule has 1 aromatic heterocycles. The summed E-state index contributed by atoms with van der Waals surface area (Å²) < 4.78 is 6.49. The Labute approximate surface area is 191 Å². The summed E-state index contributed by atoms with van der Waals surface area (Å²) >= 11 is 13.9. The average Bonchev–Trinajstić information content (AvgIpc) is 3.17. The van der Waals surface area contributed by atoms with E-state index in [0.29, 0.717) is 33.0 Å². The van der Waals surface area contributed by atoms with Crippen LogP contribution in [0.15, 0.2) is 30.3 Å². The van der Waals surface area contributed by atoms with Gasteiger partial charge in [0.15, 0.2) is 5.13 Å². The lowest BCUT2D eigenvalue weighted by Crippen LogP contribution is -2.39. The van der Waals surface area contributed by atoms with Crippen LogP contribution in [0.1, 0.15) is 29.8 Å². The number of carbonyl (C=O) groups is 1. The summed E-state index contributed by atoms with van der Waals surface area (Å²) in [7, 11) is 1.62. The molecule has 8 heteroatoms. The highest BCUT2D eigenvalue weighted by Gasteiger charge is 2.25. The molecule has 2 aromatic carbocycles. The van der Waals surface area contributed by atoms with Gasteiger partial charge in [-0.2, -0.15) is 0 Å². The minimum atomic E-state index is -0.195. The Bertz CT molecular complexity index is 1050. The average molecular weight is 466 g/mol. The molecule has 1 amide bonds. The van der Waals surface area contributed by atoms with Crippen LogP contribution in [-0.4, -0.2) is 49.1 Å². The maximum atomic E-state index is 13.5. The molecule has 0 N–H and O–H groups in total. The smallest absolute Gasteiger partial charge is 0.261 e. The number of thiazole rings is 1. The van der Waals surface area contributed by atoms with Crippen LogP contribution in [-0.2, 0) is 0 Å². The third-order valence-corrected chi connectivity index (χ3v) is 6.85. The summed E-state index contributed by atoms with van der Waals surface area (Å²) in [6, 6.07) is 8.83. The number of methoxy groups -OCH3 is 1.